The van der Waals surface area contributed by atoms with E-state index in [0.29, 0.717) is 21.7 Å². The maximum Gasteiger partial charge on any atom is 0.259 e. The van der Waals surface area contributed by atoms with E-state index in [1.54, 1.807) is 24.5 Å². The Morgan fingerprint density at radius 2 is 2.04 bits per heavy atom. The van der Waals surface area contributed by atoms with Crippen LogP contribution in [-0.4, -0.2) is 51.6 Å². The lowest BCUT2D eigenvalue weighted by Gasteiger charge is -2.06. The number of nitrogens with zero attached hydrogens (tertiary/aromatic N) is 5. The molecular formula is C15H16N6OS. The third-order valence-corrected chi connectivity index (χ3v) is 4.10. The molecule has 8 heteroatoms. The highest BCUT2D eigenvalue weighted by Crippen LogP contribution is 2.19. The number of amides is 1. The minimum absolute atomic E-state index is 0.258. The lowest BCUT2D eigenvalue weighted by atomic mass is 10.1. The fourth-order valence-electron chi connectivity index (χ4n) is 2.06. The van der Waals surface area contributed by atoms with Crippen LogP contribution < -0.4 is 5.32 Å². The molecule has 0 aliphatic rings. The third kappa shape index (κ3) is 3.66. The number of hydrogen-bond donors (Lipinski definition) is 1. The molecule has 0 aliphatic heterocycles. The van der Waals surface area contributed by atoms with E-state index >= 15 is 0 Å². The fraction of sp³-hybridized carbons (Fsp3) is 0.267. The Morgan fingerprint density at radius 3 is 2.87 bits per heavy atom. The Bertz CT molecular complexity index is 826. The topological polar surface area (TPSA) is 83.9 Å². The molecule has 0 fully saturated rings. The van der Waals surface area contributed by atoms with Crippen LogP contribution in [0.4, 0.5) is 5.13 Å². The Morgan fingerprint density at radius 1 is 1.22 bits per heavy atom. The number of anilines is 1. The Kier molecular flexibility index (Phi) is 4.54. The second-order valence-corrected chi connectivity index (χ2v) is 6.30. The van der Waals surface area contributed by atoms with Crippen molar-refractivity contribution in [1.29, 1.82) is 0 Å². The summed E-state index contributed by atoms with van der Waals surface area (Å²) in [6.07, 6.45) is 3.98. The molecule has 23 heavy (non-hydrogen) atoms. The summed E-state index contributed by atoms with van der Waals surface area (Å²) in [7, 11) is 4.01. The van der Waals surface area contributed by atoms with Crippen molar-refractivity contribution in [3.05, 3.63) is 41.2 Å². The van der Waals surface area contributed by atoms with Gasteiger partial charge in [0.15, 0.2) is 0 Å². The van der Waals surface area contributed by atoms with Crippen molar-refractivity contribution in [2.24, 2.45) is 0 Å². The van der Waals surface area contributed by atoms with Gasteiger partial charge in [-0.3, -0.25) is 20.1 Å². The van der Waals surface area contributed by atoms with Gasteiger partial charge in [-0.05, 0) is 26.2 Å². The summed E-state index contributed by atoms with van der Waals surface area (Å²) < 4.78 is 0. The smallest absolute Gasteiger partial charge is 0.259 e. The summed E-state index contributed by atoms with van der Waals surface area (Å²) in [4.78, 5) is 23.0. The lowest BCUT2D eigenvalue weighted by Crippen LogP contribution is -2.14. The van der Waals surface area contributed by atoms with E-state index in [0.717, 1.165) is 18.0 Å². The number of para-hydroxylation sites is 1. The minimum atomic E-state index is -0.258. The number of nitrogens with one attached hydrogen (secondary N) is 1. The standard InChI is InChI=1S/C15H16N6OS/c1-21(2)9-6-12-19-20-15(23-12)18-14(22)10-4-3-5-11-13(10)17-8-7-16-11/h3-5,7-8H,6,9H2,1-2H3,(H,18,20,22). The van der Waals surface area contributed by atoms with Crippen LogP contribution in [0, 0.1) is 0 Å². The van der Waals surface area contributed by atoms with Gasteiger partial charge >= 0.3 is 0 Å². The van der Waals surface area contributed by atoms with Gasteiger partial charge in [-0.15, -0.1) is 10.2 Å². The number of carbonyl (C=O) groups excluding carboxylic acids is 1. The molecule has 0 saturated carbocycles. The van der Waals surface area contributed by atoms with Gasteiger partial charge in [-0.1, -0.05) is 17.4 Å². The first kappa shape index (κ1) is 15.4. The molecule has 3 rings (SSSR count). The van der Waals surface area contributed by atoms with Gasteiger partial charge in [0.1, 0.15) is 10.5 Å². The molecule has 1 amide bonds. The van der Waals surface area contributed by atoms with Crippen LogP contribution in [0.1, 0.15) is 15.4 Å². The van der Waals surface area contributed by atoms with Crippen molar-refractivity contribution >= 4 is 33.4 Å². The van der Waals surface area contributed by atoms with E-state index < -0.39 is 0 Å². The first-order valence-corrected chi connectivity index (χ1v) is 7.93. The zero-order chi connectivity index (χ0) is 16.2. The van der Waals surface area contributed by atoms with E-state index in [-0.39, 0.29) is 5.91 Å². The number of aromatic nitrogens is 4. The van der Waals surface area contributed by atoms with E-state index in [1.807, 2.05) is 20.2 Å². The van der Waals surface area contributed by atoms with E-state index in [1.165, 1.54) is 11.3 Å². The second kappa shape index (κ2) is 6.76. The number of benzene rings is 1. The lowest BCUT2D eigenvalue weighted by molar-refractivity contribution is 0.102. The molecule has 1 aromatic carbocycles. The quantitative estimate of drug-likeness (QED) is 0.769. The zero-order valence-electron chi connectivity index (χ0n) is 12.9. The van der Waals surface area contributed by atoms with Gasteiger partial charge in [-0.2, -0.15) is 0 Å². The SMILES string of the molecule is CN(C)CCc1nnc(NC(=O)c2cccc3nccnc23)s1. The van der Waals surface area contributed by atoms with Gasteiger partial charge in [0.05, 0.1) is 11.1 Å². The number of rotatable bonds is 5. The Labute approximate surface area is 137 Å². The third-order valence-electron chi connectivity index (χ3n) is 3.20. The van der Waals surface area contributed by atoms with Crippen molar-refractivity contribution in [3.8, 4) is 0 Å². The molecule has 0 atom stereocenters. The van der Waals surface area contributed by atoms with Crippen LogP contribution in [0.5, 0.6) is 0 Å². The summed E-state index contributed by atoms with van der Waals surface area (Å²) in [5.41, 5.74) is 1.73. The predicted molar refractivity (Wildman–Crippen MR) is 89.7 cm³/mol. The predicted octanol–water partition coefficient (Wildman–Crippen LogP) is 1.84. The van der Waals surface area contributed by atoms with Crippen molar-refractivity contribution in [2.75, 3.05) is 26.0 Å². The molecule has 0 spiro atoms. The van der Waals surface area contributed by atoms with E-state index in [2.05, 4.69) is 30.4 Å². The summed E-state index contributed by atoms with van der Waals surface area (Å²) in [5, 5.41) is 12.3. The molecule has 2 aromatic heterocycles. The number of likely N-dealkylation sites (N-methyl/N-ethyl adjacent to an activating group) is 1. The van der Waals surface area contributed by atoms with Crippen LogP contribution >= 0.6 is 11.3 Å². The van der Waals surface area contributed by atoms with Gasteiger partial charge in [0.2, 0.25) is 5.13 Å². The van der Waals surface area contributed by atoms with E-state index in [9.17, 15) is 4.79 Å². The van der Waals surface area contributed by atoms with Crippen molar-refractivity contribution in [3.63, 3.8) is 0 Å². The molecule has 0 bridgehead atoms. The fourth-order valence-corrected chi connectivity index (χ4v) is 2.79. The highest BCUT2D eigenvalue weighted by Gasteiger charge is 2.14. The minimum Gasteiger partial charge on any atom is -0.309 e. The number of fused-ring (bicyclic) bond motifs is 1. The average molecular weight is 328 g/mol. The molecule has 0 radical (unpaired) electrons. The maximum atomic E-state index is 12.5. The molecule has 2 heterocycles. The van der Waals surface area contributed by atoms with Crippen LogP contribution in [0.2, 0.25) is 0 Å². The largest absolute Gasteiger partial charge is 0.309 e. The Balaban J connectivity index is 1.76. The summed E-state index contributed by atoms with van der Waals surface area (Å²) in [6.45, 7) is 0.890. The molecule has 118 valence electrons. The summed E-state index contributed by atoms with van der Waals surface area (Å²) in [5.74, 6) is -0.258. The van der Waals surface area contributed by atoms with Crippen molar-refractivity contribution in [1.82, 2.24) is 25.1 Å². The van der Waals surface area contributed by atoms with Crippen LogP contribution in [-0.2, 0) is 6.42 Å². The molecule has 0 unspecified atom stereocenters. The molecule has 0 saturated heterocycles. The molecular weight excluding hydrogens is 312 g/mol. The zero-order valence-corrected chi connectivity index (χ0v) is 13.7. The van der Waals surface area contributed by atoms with Crippen LogP contribution in [0.3, 0.4) is 0 Å². The normalized spacial score (nSPS) is 11.1. The van der Waals surface area contributed by atoms with Crippen LogP contribution in [0.15, 0.2) is 30.6 Å². The Hall–Kier alpha value is -2.45. The van der Waals surface area contributed by atoms with Gasteiger partial charge in [-0.25, -0.2) is 0 Å². The maximum absolute atomic E-state index is 12.5. The van der Waals surface area contributed by atoms with Gasteiger partial charge in [0, 0.05) is 25.4 Å². The summed E-state index contributed by atoms with van der Waals surface area (Å²) >= 11 is 1.39. The molecule has 0 aliphatic carbocycles. The van der Waals surface area contributed by atoms with Gasteiger partial charge in [0.25, 0.3) is 5.91 Å². The van der Waals surface area contributed by atoms with Crippen molar-refractivity contribution in [2.45, 2.75) is 6.42 Å². The number of carbonyl (C=O) groups is 1. The second-order valence-electron chi connectivity index (χ2n) is 5.24. The highest BCUT2D eigenvalue weighted by atomic mass is 32.1. The number of hydrogen-bond acceptors (Lipinski definition) is 7. The molecule has 3 aromatic rings. The highest BCUT2D eigenvalue weighted by molar-refractivity contribution is 7.15. The molecule has 7 nitrogen and oxygen atoms in total. The first-order chi connectivity index (χ1) is 11.1. The van der Waals surface area contributed by atoms with Crippen molar-refractivity contribution < 1.29 is 4.79 Å². The summed E-state index contributed by atoms with van der Waals surface area (Å²) in [6, 6.07) is 5.33. The van der Waals surface area contributed by atoms with E-state index in [4.69, 9.17) is 0 Å². The molecule has 1 N–H and O–H groups in total. The first-order valence-electron chi connectivity index (χ1n) is 7.11. The van der Waals surface area contributed by atoms with Gasteiger partial charge < -0.3 is 4.90 Å². The monoisotopic (exact) mass is 328 g/mol. The van der Waals surface area contributed by atoms with Crippen LogP contribution in [0.25, 0.3) is 11.0 Å². The average Bonchev–Trinajstić information content (AvgIpc) is 2.99.